The molecule has 3 aromatic rings. The molecule has 7 heteroatoms. The molecule has 0 atom stereocenters. The van der Waals surface area contributed by atoms with Crippen molar-refractivity contribution < 1.29 is 18.7 Å². The molecule has 0 aliphatic rings. The van der Waals surface area contributed by atoms with Crippen LogP contribution in [0.25, 0.3) is 11.0 Å². The zero-order chi connectivity index (χ0) is 20.6. The van der Waals surface area contributed by atoms with Crippen LogP contribution in [0.3, 0.4) is 0 Å². The van der Waals surface area contributed by atoms with E-state index in [1.54, 1.807) is 48.5 Å². The fourth-order valence-electron chi connectivity index (χ4n) is 2.53. The molecule has 0 radical (unpaired) electrons. The molecule has 1 heterocycles. The average molecular weight is 390 g/mol. The number of hydrogen-bond donors (Lipinski definition) is 2. The topological polar surface area (TPSA) is 97.6 Å². The SMILES string of the molecule is CC(=O)Nc1cccc(OCC#CCNC(=O)c2cc(=O)c3ccccc3o2)c1. The minimum atomic E-state index is -0.522. The summed E-state index contributed by atoms with van der Waals surface area (Å²) in [6, 6.07) is 14.8. The Kier molecular flexibility index (Phi) is 6.28. The monoisotopic (exact) mass is 390 g/mol. The summed E-state index contributed by atoms with van der Waals surface area (Å²) < 4.78 is 11.0. The van der Waals surface area contributed by atoms with Gasteiger partial charge in [-0.3, -0.25) is 14.4 Å². The second-order valence-electron chi connectivity index (χ2n) is 6.00. The summed E-state index contributed by atoms with van der Waals surface area (Å²) >= 11 is 0. The summed E-state index contributed by atoms with van der Waals surface area (Å²) in [5.41, 5.74) is 0.705. The fraction of sp³-hybridized carbons (Fsp3) is 0.136. The Morgan fingerprint density at radius 2 is 1.90 bits per heavy atom. The number of amides is 2. The van der Waals surface area contributed by atoms with Gasteiger partial charge in [0, 0.05) is 24.7 Å². The molecule has 2 N–H and O–H groups in total. The Morgan fingerprint density at radius 1 is 1.07 bits per heavy atom. The largest absolute Gasteiger partial charge is 0.481 e. The second kappa shape index (κ2) is 9.24. The van der Waals surface area contributed by atoms with Crippen LogP contribution in [0, 0.1) is 11.8 Å². The molecule has 29 heavy (non-hydrogen) atoms. The molecule has 2 amide bonds. The first-order valence-electron chi connectivity index (χ1n) is 8.80. The Bertz CT molecular complexity index is 1170. The van der Waals surface area contributed by atoms with E-state index in [1.807, 2.05) is 0 Å². The third-order valence-corrected chi connectivity index (χ3v) is 3.79. The molecular formula is C22H18N2O5. The maximum atomic E-state index is 12.1. The van der Waals surface area contributed by atoms with E-state index >= 15 is 0 Å². The number of anilines is 1. The van der Waals surface area contributed by atoms with Crippen molar-refractivity contribution in [2.75, 3.05) is 18.5 Å². The van der Waals surface area contributed by atoms with E-state index in [0.29, 0.717) is 22.4 Å². The molecule has 2 aromatic carbocycles. The van der Waals surface area contributed by atoms with E-state index in [0.717, 1.165) is 6.07 Å². The van der Waals surface area contributed by atoms with E-state index in [1.165, 1.54) is 6.92 Å². The van der Waals surface area contributed by atoms with Crippen LogP contribution in [-0.4, -0.2) is 25.0 Å². The number of rotatable bonds is 5. The highest BCUT2D eigenvalue weighted by Gasteiger charge is 2.11. The lowest BCUT2D eigenvalue weighted by Crippen LogP contribution is -2.24. The summed E-state index contributed by atoms with van der Waals surface area (Å²) in [5.74, 6) is 5.34. The third kappa shape index (κ3) is 5.47. The summed E-state index contributed by atoms with van der Waals surface area (Å²) in [5, 5.41) is 5.66. The van der Waals surface area contributed by atoms with Crippen LogP contribution in [0.4, 0.5) is 5.69 Å². The first-order chi connectivity index (χ1) is 14.0. The predicted molar refractivity (Wildman–Crippen MR) is 109 cm³/mol. The first kappa shape index (κ1) is 19.7. The van der Waals surface area contributed by atoms with E-state index < -0.39 is 5.91 Å². The minimum absolute atomic E-state index is 0.0680. The molecule has 146 valence electrons. The summed E-state index contributed by atoms with van der Waals surface area (Å²) in [6.07, 6.45) is 0. The number of fused-ring (bicyclic) bond motifs is 1. The van der Waals surface area contributed by atoms with Gasteiger partial charge >= 0.3 is 0 Å². The molecular weight excluding hydrogens is 372 g/mol. The maximum absolute atomic E-state index is 12.1. The zero-order valence-corrected chi connectivity index (χ0v) is 15.7. The van der Waals surface area contributed by atoms with Crippen LogP contribution < -0.4 is 20.8 Å². The van der Waals surface area contributed by atoms with E-state index in [9.17, 15) is 14.4 Å². The molecule has 3 rings (SSSR count). The van der Waals surface area contributed by atoms with Gasteiger partial charge in [0.25, 0.3) is 5.91 Å². The van der Waals surface area contributed by atoms with Crippen molar-refractivity contribution >= 4 is 28.5 Å². The number of ether oxygens (including phenoxy) is 1. The van der Waals surface area contributed by atoms with Crippen molar-refractivity contribution in [2.24, 2.45) is 0 Å². The third-order valence-electron chi connectivity index (χ3n) is 3.79. The quantitative estimate of drug-likeness (QED) is 0.653. The van der Waals surface area contributed by atoms with Crippen molar-refractivity contribution in [2.45, 2.75) is 6.92 Å². The molecule has 7 nitrogen and oxygen atoms in total. The van der Waals surface area contributed by atoms with Crippen LogP contribution in [0.2, 0.25) is 0 Å². The average Bonchev–Trinajstić information content (AvgIpc) is 2.70. The van der Waals surface area contributed by atoms with Gasteiger partial charge in [0.1, 0.15) is 17.9 Å². The van der Waals surface area contributed by atoms with Gasteiger partial charge in [-0.05, 0) is 24.3 Å². The maximum Gasteiger partial charge on any atom is 0.287 e. The molecule has 0 fully saturated rings. The van der Waals surface area contributed by atoms with Crippen LogP contribution in [0.1, 0.15) is 17.5 Å². The number of hydrogen-bond acceptors (Lipinski definition) is 5. The van der Waals surface area contributed by atoms with Crippen LogP contribution >= 0.6 is 0 Å². The predicted octanol–water partition coefficient (Wildman–Crippen LogP) is 2.56. The van der Waals surface area contributed by atoms with Crippen molar-refractivity contribution in [1.29, 1.82) is 0 Å². The van der Waals surface area contributed by atoms with E-state index in [2.05, 4.69) is 22.5 Å². The van der Waals surface area contributed by atoms with Crippen LogP contribution in [-0.2, 0) is 4.79 Å². The molecule has 1 aromatic heterocycles. The Hall–Kier alpha value is -4.05. The van der Waals surface area contributed by atoms with Gasteiger partial charge in [-0.25, -0.2) is 0 Å². The highest BCUT2D eigenvalue weighted by Crippen LogP contribution is 2.17. The van der Waals surface area contributed by atoms with Gasteiger partial charge in [0.2, 0.25) is 5.91 Å². The van der Waals surface area contributed by atoms with Crippen molar-refractivity contribution in [3.8, 4) is 17.6 Å². The molecule has 0 saturated carbocycles. The van der Waals surface area contributed by atoms with Gasteiger partial charge in [-0.2, -0.15) is 0 Å². The molecule has 0 bridgehead atoms. The lowest BCUT2D eigenvalue weighted by Gasteiger charge is -2.05. The summed E-state index contributed by atoms with van der Waals surface area (Å²) in [4.78, 5) is 35.2. The van der Waals surface area contributed by atoms with Crippen molar-refractivity contribution in [3.05, 3.63) is 70.6 Å². The normalized spacial score (nSPS) is 9.97. The highest BCUT2D eigenvalue weighted by molar-refractivity contribution is 5.93. The second-order valence-corrected chi connectivity index (χ2v) is 6.00. The smallest absolute Gasteiger partial charge is 0.287 e. The zero-order valence-electron chi connectivity index (χ0n) is 15.7. The van der Waals surface area contributed by atoms with Crippen LogP contribution in [0.5, 0.6) is 5.75 Å². The van der Waals surface area contributed by atoms with Crippen molar-refractivity contribution in [1.82, 2.24) is 5.32 Å². The standard InChI is InChI=1S/C22H18N2O5/c1-15(25)24-16-7-6-8-17(13-16)28-12-5-4-11-23-22(27)21-14-19(26)18-9-2-3-10-20(18)29-21/h2-3,6-10,13-14H,11-12H2,1H3,(H,23,27)(H,24,25). The Morgan fingerprint density at radius 3 is 2.72 bits per heavy atom. The van der Waals surface area contributed by atoms with Gasteiger partial charge < -0.3 is 19.8 Å². The van der Waals surface area contributed by atoms with Crippen molar-refractivity contribution in [3.63, 3.8) is 0 Å². The fourth-order valence-corrected chi connectivity index (χ4v) is 2.53. The number of carbonyl (C=O) groups is 2. The lowest BCUT2D eigenvalue weighted by atomic mass is 10.2. The Balaban J connectivity index is 1.51. The highest BCUT2D eigenvalue weighted by atomic mass is 16.5. The summed E-state index contributed by atoms with van der Waals surface area (Å²) in [6.45, 7) is 1.62. The number of para-hydroxylation sites is 1. The van der Waals surface area contributed by atoms with Gasteiger partial charge in [0.05, 0.1) is 11.9 Å². The van der Waals surface area contributed by atoms with Gasteiger partial charge in [0.15, 0.2) is 11.2 Å². The lowest BCUT2D eigenvalue weighted by molar-refractivity contribution is -0.114. The Labute approximate surface area is 166 Å². The molecule has 0 aliphatic heterocycles. The number of carbonyl (C=O) groups excluding carboxylic acids is 2. The molecule has 0 unspecified atom stereocenters. The molecule has 0 spiro atoms. The van der Waals surface area contributed by atoms with Crippen LogP contribution in [0.15, 0.2) is 63.8 Å². The van der Waals surface area contributed by atoms with E-state index in [-0.39, 0.29) is 30.2 Å². The minimum Gasteiger partial charge on any atom is -0.481 e. The molecule has 0 saturated heterocycles. The first-order valence-corrected chi connectivity index (χ1v) is 8.80. The number of benzene rings is 2. The number of nitrogens with one attached hydrogen (secondary N) is 2. The van der Waals surface area contributed by atoms with E-state index in [4.69, 9.17) is 9.15 Å². The molecule has 0 aliphatic carbocycles. The summed E-state index contributed by atoms with van der Waals surface area (Å²) in [7, 11) is 0. The van der Waals surface area contributed by atoms with Gasteiger partial charge in [-0.15, -0.1) is 0 Å². The van der Waals surface area contributed by atoms with Gasteiger partial charge in [-0.1, -0.05) is 30.0 Å².